The van der Waals surface area contributed by atoms with Crippen molar-refractivity contribution in [3.63, 3.8) is 0 Å². The first-order valence-corrected chi connectivity index (χ1v) is 6.40. The molecule has 21 heavy (non-hydrogen) atoms. The van der Waals surface area contributed by atoms with Gasteiger partial charge in [-0.3, -0.25) is 5.32 Å². The predicted molar refractivity (Wildman–Crippen MR) is 74.8 cm³/mol. The first kappa shape index (κ1) is 14.6. The molecule has 0 unspecified atom stereocenters. The van der Waals surface area contributed by atoms with Crippen LogP contribution in [0, 0.1) is 0 Å². The molecule has 1 heterocycles. The Morgan fingerprint density at radius 3 is 2.62 bits per heavy atom. The van der Waals surface area contributed by atoms with Crippen LogP contribution in [0.4, 0.5) is 10.6 Å². The van der Waals surface area contributed by atoms with Crippen LogP contribution in [0.15, 0.2) is 41.1 Å². The molecule has 0 aliphatic heterocycles. The van der Waals surface area contributed by atoms with Crippen LogP contribution in [-0.4, -0.2) is 23.8 Å². The number of hydrogen-bond donors (Lipinski definition) is 2. The molecule has 0 aliphatic carbocycles. The fraction of sp³-hybridized carbons (Fsp3) is 0.214. The van der Waals surface area contributed by atoms with Crippen LogP contribution in [-0.2, 0) is 11.3 Å². The normalized spacial score (nSPS) is 9.95. The second kappa shape index (κ2) is 7.09. The van der Waals surface area contributed by atoms with E-state index in [4.69, 9.17) is 4.74 Å². The van der Waals surface area contributed by atoms with Gasteiger partial charge in [0.25, 0.3) is 0 Å². The molecule has 110 valence electrons. The Hall–Kier alpha value is -2.83. The molecule has 2 rings (SSSR count). The summed E-state index contributed by atoms with van der Waals surface area (Å²) >= 11 is 0. The average molecular weight is 289 g/mol. The molecule has 7 nitrogen and oxygen atoms in total. The Bertz CT molecular complexity index is 593. The van der Waals surface area contributed by atoms with Gasteiger partial charge in [-0.05, 0) is 24.6 Å². The summed E-state index contributed by atoms with van der Waals surface area (Å²) in [4.78, 5) is 23.0. The van der Waals surface area contributed by atoms with Gasteiger partial charge >= 0.3 is 12.0 Å². The molecule has 0 aliphatic rings. The maximum atomic E-state index is 11.6. The lowest BCUT2D eigenvalue weighted by molar-refractivity contribution is 0.0526. The summed E-state index contributed by atoms with van der Waals surface area (Å²) in [5, 5.41) is 8.73. The third kappa shape index (κ3) is 4.34. The first-order valence-electron chi connectivity index (χ1n) is 6.40. The lowest BCUT2D eigenvalue weighted by Gasteiger charge is -2.06. The second-order valence-electron chi connectivity index (χ2n) is 4.11. The maximum Gasteiger partial charge on any atom is 0.338 e. The van der Waals surface area contributed by atoms with Gasteiger partial charge in [-0.1, -0.05) is 17.3 Å². The number of nitrogens with zero attached hydrogens (tertiary/aromatic N) is 1. The van der Waals surface area contributed by atoms with Gasteiger partial charge in [-0.2, -0.15) is 0 Å². The van der Waals surface area contributed by atoms with E-state index in [0.717, 1.165) is 5.56 Å². The number of amides is 2. The summed E-state index contributed by atoms with van der Waals surface area (Å²) in [6.45, 7) is 2.42. The number of anilines is 1. The number of hydrogen-bond acceptors (Lipinski definition) is 5. The third-order valence-electron chi connectivity index (χ3n) is 2.60. The summed E-state index contributed by atoms with van der Waals surface area (Å²) in [6, 6.07) is 7.96. The number of esters is 1. The highest BCUT2D eigenvalue weighted by Gasteiger charge is 2.07. The van der Waals surface area contributed by atoms with Crippen molar-refractivity contribution < 1.29 is 18.8 Å². The van der Waals surface area contributed by atoms with Crippen molar-refractivity contribution in [2.75, 3.05) is 11.9 Å². The molecule has 1 aromatic carbocycles. The molecule has 0 bridgehead atoms. The van der Waals surface area contributed by atoms with E-state index >= 15 is 0 Å². The summed E-state index contributed by atoms with van der Waals surface area (Å²) in [6.07, 6.45) is 1.36. The van der Waals surface area contributed by atoms with E-state index in [2.05, 4.69) is 20.3 Å². The number of carbonyl (C=O) groups excluding carboxylic acids is 2. The molecule has 0 saturated heterocycles. The van der Waals surface area contributed by atoms with Crippen molar-refractivity contribution in [1.82, 2.24) is 10.5 Å². The highest BCUT2D eigenvalue weighted by Crippen LogP contribution is 2.06. The summed E-state index contributed by atoms with van der Waals surface area (Å²) in [7, 11) is 0. The van der Waals surface area contributed by atoms with E-state index in [-0.39, 0.29) is 5.97 Å². The lowest BCUT2D eigenvalue weighted by Crippen LogP contribution is -2.28. The largest absolute Gasteiger partial charge is 0.462 e. The third-order valence-corrected chi connectivity index (χ3v) is 2.60. The van der Waals surface area contributed by atoms with E-state index in [1.165, 1.54) is 12.3 Å². The smallest absolute Gasteiger partial charge is 0.338 e. The molecule has 0 spiro atoms. The molecule has 2 aromatic rings. The topological polar surface area (TPSA) is 93.5 Å². The Balaban J connectivity index is 1.83. The number of ether oxygens (including phenoxy) is 1. The van der Waals surface area contributed by atoms with Gasteiger partial charge in [0.05, 0.1) is 12.2 Å². The number of benzene rings is 1. The van der Waals surface area contributed by atoms with Crippen molar-refractivity contribution in [2.45, 2.75) is 13.5 Å². The minimum absolute atomic E-state index is 0.326. The van der Waals surface area contributed by atoms with Crippen molar-refractivity contribution >= 4 is 17.8 Å². The highest BCUT2D eigenvalue weighted by molar-refractivity contribution is 5.89. The van der Waals surface area contributed by atoms with Gasteiger partial charge in [0.1, 0.15) is 6.26 Å². The van der Waals surface area contributed by atoms with Crippen molar-refractivity contribution in [1.29, 1.82) is 0 Å². The van der Waals surface area contributed by atoms with E-state index in [0.29, 0.717) is 24.5 Å². The van der Waals surface area contributed by atoms with Crippen molar-refractivity contribution in [3.05, 3.63) is 47.7 Å². The van der Waals surface area contributed by atoms with Gasteiger partial charge in [0.15, 0.2) is 5.82 Å². The average Bonchev–Trinajstić information content (AvgIpc) is 2.99. The molecule has 0 saturated carbocycles. The zero-order valence-electron chi connectivity index (χ0n) is 11.5. The van der Waals surface area contributed by atoms with Crippen LogP contribution in [0.2, 0.25) is 0 Å². The van der Waals surface area contributed by atoms with Crippen LogP contribution in [0.25, 0.3) is 0 Å². The van der Waals surface area contributed by atoms with Gasteiger partial charge in [0.2, 0.25) is 0 Å². The molecule has 7 heteroatoms. The van der Waals surface area contributed by atoms with E-state index in [1.54, 1.807) is 31.2 Å². The van der Waals surface area contributed by atoms with Crippen LogP contribution >= 0.6 is 0 Å². The van der Waals surface area contributed by atoms with Crippen LogP contribution in [0.1, 0.15) is 22.8 Å². The maximum absolute atomic E-state index is 11.6. The summed E-state index contributed by atoms with van der Waals surface area (Å²) < 4.78 is 9.49. The molecule has 1 aromatic heterocycles. The minimum atomic E-state index is -0.390. The second-order valence-corrected chi connectivity index (χ2v) is 4.11. The fourth-order valence-electron chi connectivity index (χ4n) is 1.59. The Labute approximate surface area is 121 Å². The monoisotopic (exact) mass is 289 g/mol. The zero-order chi connectivity index (χ0) is 15.1. The number of carbonyl (C=O) groups is 2. The highest BCUT2D eigenvalue weighted by atomic mass is 16.5. The molecule has 0 fully saturated rings. The lowest BCUT2D eigenvalue weighted by atomic mass is 10.1. The van der Waals surface area contributed by atoms with Crippen LogP contribution in [0.3, 0.4) is 0 Å². The zero-order valence-corrected chi connectivity index (χ0v) is 11.5. The summed E-state index contributed by atoms with van der Waals surface area (Å²) in [5.41, 5.74) is 1.34. The number of rotatable bonds is 5. The van der Waals surface area contributed by atoms with Gasteiger partial charge in [0, 0.05) is 12.6 Å². The minimum Gasteiger partial charge on any atom is -0.462 e. The Morgan fingerprint density at radius 2 is 2.00 bits per heavy atom. The molecular weight excluding hydrogens is 274 g/mol. The van der Waals surface area contributed by atoms with Crippen LogP contribution < -0.4 is 10.6 Å². The Kier molecular flexibility index (Phi) is 4.92. The Morgan fingerprint density at radius 1 is 1.24 bits per heavy atom. The molecule has 2 amide bonds. The molecule has 2 N–H and O–H groups in total. The molecule has 0 radical (unpaired) electrons. The standard InChI is InChI=1S/C14H15N3O4/c1-2-20-13(18)11-5-3-10(4-6-11)9-15-14(19)16-12-7-8-21-17-12/h3-8H,2,9H2,1H3,(H2,15,16,17,19). The van der Waals surface area contributed by atoms with E-state index < -0.39 is 6.03 Å². The van der Waals surface area contributed by atoms with Gasteiger partial charge in [-0.15, -0.1) is 0 Å². The number of urea groups is 1. The van der Waals surface area contributed by atoms with Gasteiger partial charge in [-0.25, -0.2) is 9.59 Å². The SMILES string of the molecule is CCOC(=O)c1ccc(CNC(=O)Nc2ccon2)cc1. The quantitative estimate of drug-likeness (QED) is 0.823. The van der Waals surface area contributed by atoms with E-state index in [1.807, 2.05) is 0 Å². The summed E-state index contributed by atoms with van der Waals surface area (Å²) in [5.74, 6) is -0.0223. The van der Waals surface area contributed by atoms with Crippen LogP contribution in [0.5, 0.6) is 0 Å². The molecule has 0 atom stereocenters. The van der Waals surface area contributed by atoms with E-state index in [9.17, 15) is 9.59 Å². The van der Waals surface area contributed by atoms with Crippen molar-refractivity contribution in [2.24, 2.45) is 0 Å². The van der Waals surface area contributed by atoms with Crippen molar-refractivity contribution in [3.8, 4) is 0 Å². The molecular formula is C14H15N3O4. The van der Waals surface area contributed by atoms with Gasteiger partial charge < -0.3 is 14.6 Å². The fourth-order valence-corrected chi connectivity index (χ4v) is 1.59. The number of nitrogens with one attached hydrogen (secondary N) is 2. The number of aromatic nitrogens is 1. The first-order chi connectivity index (χ1) is 10.2. The predicted octanol–water partition coefficient (Wildman–Crippen LogP) is 2.17.